The van der Waals surface area contributed by atoms with Gasteiger partial charge in [-0.3, -0.25) is 4.79 Å². The molecule has 4 rings (SSSR count). The summed E-state index contributed by atoms with van der Waals surface area (Å²) in [5.74, 6) is 0.848. The lowest BCUT2D eigenvalue weighted by Crippen LogP contribution is -2.49. The van der Waals surface area contributed by atoms with Gasteiger partial charge in [0.15, 0.2) is 0 Å². The van der Waals surface area contributed by atoms with Crippen molar-refractivity contribution in [3.63, 3.8) is 0 Å². The van der Waals surface area contributed by atoms with Crippen LogP contribution in [-0.2, 0) is 4.79 Å². The minimum Gasteiger partial charge on any atom is -0.496 e. The highest BCUT2D eigenvalue weighted by molar-refractivity contribution is 5.98. The molecule has 5 heteroatoms. The van der Waals surface area contributed by atoms with Gasteiger partial charge < -0.3 is 20.7 Å². The average Bonchev–Trinajstić information content (AvgIpc) is 2.86. The molecule has 3 atom stereocenters. The summed E-state index contributed by atoms with van der Waals surface area (Å²) in [5.41, 5.74) is 2.91. The second kappa shape index (κ2) is 5.89. The Balaban J connectivity index is 1.78. The molecule has 1 aromatic carbocycles. The third kappa shape index (κ3) is 2.49. The SMILES string of the molecule is COc1ccccc1[C@H]1N[C@@H]2CCCC[C@H]2NC2=C1C(=O)NC2. The Morgan fingerprint density at radius 1 is 1.13 bits per heavy atom. The fourth-order valence-electron chi connectivity index (χ4n) is 4.10. The van der Waals surface area contributed by atoms with Gasteiger partial charge in [-0.05, 0) is 18.9 Å². The van der Waals surface area contributed by atoms with Crippen LogP contribution in [0.5, 0.6) is 5.75 Å². The Kier molecular flexibility index (Phi) is 3.73. The first-order valence-corrected chi connectivity index (χ1v) is 8.44. The summed E-state index contributed by atoms with van der Waals surface area (Å²) in [6.07, 6.45) is 4.79. The Hall–Kier alpha value is -2.01. The van der Waals surface area contributed by atoms with Crippen LogP contribution in [0.2, 0.25) is 0 Å². The van der Waals surface area contributed by atoms with E-state index >= 15 is 0 Å². The maximum atomic E-state index is 12.5. The molecule has 0 bridgehead atoms. The van der Waals surface area contributed by atoms with Crippen LogP contribution in [-0.4, -0.2) is 31.6 Å². The Morgan fingerprint density at radius 2 is 1.91 bits per heavy atom. The molecule has 0 saturated heterocycles. The number of rotatable bonds is 2. The minimum absolute atomic E-state index is 0.0227. The van der Waals surface area contributed by atoms with E-state index in [4.69, 9.17) is 4.74 Å². The summed E-state index contributed by atoms with van der Waals surface area (Å²) >= 11 is 0. The topological polar surface area (TPSA) is 62.4 Å². The molecule has 0 radical (unpaired) electrons. The lowest BCUT2D eigenvalue weighted by molar-refractivity contribution is -0.117. The van der Waals surface area contributed by atoms with Gasteiger partial charge in [0.1, 0.15) is 5.75 Å². The fraction of sp³-hybridized carbons (Fsp3) is 0.500. The van der Waals surface area contributed by atoms with E-state index in [-0.39, 0.29) is 11.9 Å². The molecule has 3 aliphatic rings. The van der Waals surface area contributed by atoms with Gasteiger partial charge in [-0.1, -0.05) is 31.0 Å². The van der Waals surface area contributed by atoms with Crippen molar-refractivity contribution < 1.29 is 9.53 Å². The molecule has 0 unspecified atom stereocenters. The minimum atomic E-state index is -0.121. The molecule has 122 valence electrons. The highest BCUT2D eigenvalue weighted by atomic mass is 16.5. The first-order valence-electron chi connectivity index (χ1n) is 8.44. The normalized spacial score (nSPS) is 30.0. The smallest absolute Gasteiger partial charge is 0.251 e. The summed E-state index contributed by atoms with van der Waals surface area (Å²) in [6.45, 7) is 0.602. The summed E-state index contributed by atoms with van der Waals surface area (Å²) < 4.78 is 5.54. The fourth-order valence-corrected chi connectivity index (χ4v) is 4.10. The van der Waals surface area contributed by atoms with E-state index in [2.05, 4.69) is 22.0 Å². The number of para-hydroxylation sites is 1. The standard InChI is InChI=1S/C18H23N3O2/c1-23-15-9-5-2-6-11(15)17-16-14(10-19-18(16)22)20-12-7-3-4-8-13(12)21-17/h2,5-6,9,12-13,17,20-21H,3-4,7-8,10H2,1H3,(H,19,22)/t12-,13-,17-/m1/s1. The van der Waals surface area contributed by atoms with Gasteiger partial charge in [-0.2, -0.15) is 0 Å². The van der Waals surface area contributed by atoms with E-state index in [0.717, 1.165) is 35.4 Å². The zero-order chi connectivity index (χ0) is 15.8. The molecule has 1 aromatic rings. The van der Waals surface area contributed by atoms with Crippen LogP contribution >= 0.6 is 0 Å². The largest absolute Gasteiger partial charge is 0.496 e. The number of hydrogen-bond acceptors (Lipinski definition) is 4. The first kappa shape index (κ1) is 14.6. The first-order chi connectivity index (χ1) is 11.3. The number of methoxy groups -OCH3 is 1. The van der Waals surface area contributed by atoms with Crippen molar-refractivity contribution in [2.45, 2.75) is 43.8 Å². The summed E-state index contributed by atoms with van der Waals surface area (Å²) in [4.78, 5) is 12.5. The van der Waals surface area contributed by atoms with E-state index in [1.807, 2.05) is 18.2 Å². The highest BCUT2D eigenvalue weighted by Crippen LogP contribution is 2.36. The van der Waals surface area contributed by atoms with Gasteiger partial charge >= 0.3 is 0 Å². The Morgan fingerprint density at radius 3 is 2.74 bits per heavy atom. The van der Waals surface area contributed by atoms with E-state index in [1.165, 1.54) is 12.8 Å². The molecule has 0 aromatic heterocycles. The lowest BCUT2D eigenvalue weighted by atomic mass is 9.89. The van der Waals surface area contributed by atoms with Crippen LogP contribution in [0.15, 0.2) is 35.5 Å². The molecule has 23 heavy (non-hydrogen) atoms. The quantitative estimate of drug-likeness (QED) is 0.776. The van der Waals surface area contributed by atoms with Crippen molar-refractivity contribution >= 4 is 5.91 Å². The van der Waals surface area contributed by atoms with E-state index in [0.29, 0.717) is 18.6 Å². The van der Waals surface area contributed by atoms with Gasteiger partial charge in [0.2, 0.25) is 0 Å². The van der Waals surface area contributed by atoms with E-state index in [1.54, 1.807) is 7.11 Å². The third-order valence-electron chi connectivity index (χ3n) is 5.24. The molecular formula is C18H23N3O2. The maximum absolute atomic E-state index is 12.5. The zero-order valence-corrected chi connectivity index (χ0v) is 13.4. The summed E-state index contributed by atoms with van der Waals surface area (Å²) in [5, 5.41) is 10.4. The number of ether oxygens (including phenoxy) is 1. The number of fused-ring (bicyclic) bond motifs is 1. The second-order valence-electron chi connectivity index (χ2n) is 6.56. The number of amides is 1. The second-order valence-corrected chi connectivity index (χ2v) is 6.56. The van der Waals surface area contributed by atoms with Crippen molar-refractivity contribution in [2.75, 3.05) is 13.7 Å². The number of nitrogens with one attached hydrogen (secondary N) is 3. The number of carbonyl (C=O) groups is 1. The molecule has 1 amide bonds. The van der Waals surface area contributed by atoms with Crippen LogP contribution in [0.25, 0.3) is 0 Å². The molecule has 5 nitrogen and oxygen atoms in total. The monoisotopic (exact) mass is 313 g/mol. The average molecular weight is 313 g/mol. The number of carbonyl (C=O) groups excluding carboxylic acids is 1. The van der Waals surface area contributed by atoms with Gasteiger partial charge in [0.25, 0.3) is 5.91 Å². The third-order valence-corrected chi connectivity index (χ3v) is 5.24. The molecule has 1 saturated carbocycles. The maximum Gasteiger partial charge on any atom is 0.251 e. The van der Waals surface area contributed by atoms with Crippen LogP contribution < -0.4 is 20.7 Å². The van der Waals surface area contributed by atoms with Gasteiger partial charge in [0.05, 0.1) is 25.3 Å². The molecule has 1 aliphatic carbocycles. The summed E-state index contributed by atoms with van der Waals surface area (Å²) in [6, 6.07) is 8.65. The Bertz CT molecular complexity index is 655. The van der Waals surface area contributed by atoms with Crippen molar-refractivity contribution in [2.24, 2.45) is 0 Å². The van der Waals surface area contributed by atoms with Crippen LogP contribution in [0, 0.1) is 0 Å². The number of hydrogen-bond donors (Lipinski definition) is 3. The van der Waals surface area contributed by atoms with Gasteiger partial charge in [-0.15, -0.1) is 0 Å². The van der Waals surface area contributed by atoms with Crippen molar-refractivity contribution in [3.05, 3.63) is 41.1 Å². The lowest BCUT2D eigenvalue weighted by Gasteiger charge is -2.34. The zero-order valence-electron chi connectivity index (χ0n) is 13.4. The van der Waals surface area contributed by atoms with Crippen molar-refractivity contribution in [1.82, 2.24) is 16.0 Å². The van der Waals surface area contributed by atoms with Crippen LogP contribution in [0.4, 0.5) is 0 Å². The molecular weight excluding hydrogens is 290 g/mol. The van der Waals surface area contributed by atoms with Crippen molar-refractivity contribution in [1.29, 1.82) is 0 Å². The van der Waals surface area contributed by atoms with E-state index in [9.17, 15) is 4.79 Å². The predicted molar refractivity (Wildman–Crippen MR) is 88.1 cm³/mol. The highest BCUT2D eigenvalue weighted by Gasteiger charge is 2.39. The van der Waals surface area contributed by atoms with Crippen molar-refractivity contribution in [3.8, 4) is 5.75 Å². The van der Waals surface area contributed by atoms with Gasteiger partial charge in [0, 0.05) is 23.3 Å². The van der Waals surface area contributed by atoms with E-state index < -0.39 is 0 Å². The number of benzene rings is 1. The van der Waals surface area contributed by atoms with Crippen LogP contribution in [0.1, 0.15) is 37.3 Å². The summed E-state index contributed by atoms with van der Waals surface area (Å²) in [7, 11) is 1.68. The Labute approximate surface area is 136 Å². The van der Waals surface area contributed by atoms with Gasteiger partial charge in [-0.25, -0.2) is 0 Å². The molecule has 1 fully saturated rings. The molecule has 2 heterocycles. The van der Waals surface area contributed by atoms with Crippen LogP contribution in [0.3, 0.4) is 0 Å². The molecule has 3 N–H and O–H groups in total. The molecule has 2 aliphatic heterocycles. The molecule has 0 spiro atoms. The predicted octanol–water partition coefficient (Wildman–Crippen LogP) is 1.62.